The van der Waals surface area contributed by atoms with Crippen LogP contribution in [0.4, 0.5) is 0 Å². The highest BCUT2D eigenvalue weighted by atomic mass is 127. The average Bonchev–Trinajstić information content (AvgIpc) is 1.64. The van der Waals surface area contributed by atoms with E-state index in [0.29, 0.717) is 0 Å². The molecular weight excluding hydrogens is 213 g/mol. The smallest absolute Gasteiger partial charge is 0.0201 e. The van der Waals surface area contributed by atoms with Gasteiger partial charge >= 0.3 is 0 Å². The van der Waals surface area contributed by atoms with E-state index < -0.39 is 0 Å². The summed E-state index contributed by atoms with van der Waals surface area (Å²) in [6, 6.07) is 0. The number of hydrogen-bond donors (Lipinski definition) is 0. The van der Waals surface area contributed by atoms with Gasteiger partial charge in [0.25, 0.3) is 0 Å². The van der Waals surface area contributed by atoms with Crippen LogP contribution in [0.15, 0.2) is 0 Å². The van der Waals surface area contributed by atoms with Gasteiger partial charge in [0.05, 0.1) is 0 Å². The molecule has 2 heteroatoms. The van der Waals surface area contributed by atoms with E-state index in [1.54, 1.807) is 0 Å². The monoisotopic (exact) mass is 225 g/mol. The molecule has 0 aliphatic carbocycles. The number of halogens is 1. The summed E-state index contributed by atoms with van der Waals surface area (Å²) in [6.45, 7) is 4.91. The van der Waals surface area contributed by atoms with Crippen LogP contribution in [0.1, 0.15) is 19.8 Å². The third kappa shape index (κ3) is 1.90. The summed E-state index contributed by atoms with van der Waals surface area (Å²) in [5, 5.41) is 0. The van der Waals surface area contributed by atoms with Gasteiger partial charge in [-0.15, -0.1) is 0 Å². The van der Waals surface area contributed by atoms with E-state index in [-0.39, 0.29) is 0 Å². The Bertz CT molecular complexity index is 66.9. The van der Waals surface area contributed by atoms with Gasteiger partial charge in [-0.3, -0.25) is 0 Å². The first-order chi connectivity index (χ1) is 3.79. The minimum Gasteiger partial charge on any atom is -0.247 e. The molecule has 0 spiro atoms. The van der Waals surface area contributed by atoms with Crippen LogP contribution in [0.3, 0.4) is 0 Å². The zero-order valence-electron chi connectivity index (χ0n) is 5.23. The van der Waals surface area contributed by atoms with Crippen LogP contribution >= 0.6 is 22.9 Å². The van der Waals surface area contributed by atoms with Gasteiger partial charge in [0, 0.05) is 36.0 Å². The quantitative estimate of drug-likeness (QED) is 0.450. The van der Waals surface area contributed by atoms with Gasteiger partial charge in [-0.2, -0.15) is 0 Å². The van der Waals surface area contributed by atoms with Crippen molar-refractivity contribution < 1.29 is 0 Å². The summed E-state index contributed by atoms with van der Waals surface area (Å²) in [5.74, 6) is 0.931. The van der Waals surface area contributed by atoms with Crippen molar-refractivity contribution >= 4 is 22.9 Å². The van der Waals surface area contributed by atoms with Crippen LogP contribution < -0.4 is 0 Å². The largest absolute Gasteiger partial charge is 0.247 e. The van der Waals surface area contributed by atoms with Gasteiger partial charge < -0.3 is 0 Å². The Hall–Kier alpha value is 0.690. The van der Waals surface area contributed by atoms with Crippen molar-refractivity contribution in [1.29, 1.82) is 0 Å². The van der Waals surface area contributed by atoms with Crippen molar-refractivity contribution in [2.24, 2.45) is 5.92 Å². The second-order valence-corrected chi connectivity index (χ2v) is 3.98. The van der Waals surface area contributed by atoms with Gasteiger partial charge in [-0.05, 0) is 18.8 Å². The van der Waals surface area contributed by atoms with Gasteiger partial charge in [0.2, 0.25) is 0 Å². The van der Waals surface area contributed by atoms with E-state index in [4.69, 9.17) is 0 Å². The number of nitrogens with zero attached hydrogens (tertiary/aromatic N) is 1. The second-order valence-electron chi connectivity index (χ2n) is 2.62. The predicted octanol–water partition coefficient (Wildman–Crippen LogP) is 2.07. The number of rotatable bonds is 0. The molecule has 1 aliphatic rings. The summed E-state index contributed by atoms with van der Waals surface area (Å²) < 4.78 is 2.38. The lowest BCUT2D eigenvalue weighted by atomic mass is 10.0. The molecule has 0 bridgehead atoms. The topological polar surface area (TPSA) is 3.24 Å². The molecule has 0 saturated carbocycles. The Kier molecular flexibility index (Phi) is 2.56. The maximum absolute atomic E-state index is 2.41. The molecule has 8 heavy (non-hydrogen) atoms. The van der Waals surface area contributed by atoms with E-state index in [1.807, 2.05) is 0 Å². The Morgan fingerprint density at radius 3 is 2.75 bits per heavy atom. The first-order valence-electron chi connectivity index (χ1n) is 3.20. The summed E-state index contributed by atoms with van der Waals surface area (Å²) in [4.78, 5) is 0. The third-order valence-corrected chi connectivity index (χ3v) is 2.48. The van der Waals surface area contributed by atoms with Crippen LogP contribution in [0, 0.1) is 5.92 Å². The van der Waals surface area contributed by atoms with Crippen LogP contribution in [0.25, 0.3) is 0 Å². The standard InChI is InChI=1S/C6H12IN/c1-6-3-2-4-8(7)5-6/h6H,2-5H2,1H3. The zero-order valence-corrected chi connectivity index (χ0v) is 7.39. The lowest BCUT2D eigenvalue weighted by Gasteiger charge is -2.24. The summed E-state index contributed by atoms with van der Waals surface area (Å²) >= 11 is 2.41. The normalized spacial score (nSPS) is 33.0. The van der Waals surface area contributed by atoms with E-state index >= 15 is 0 Å². The first-order valence-corrected chi connectivity index (χ1v) is 4.16. The predicted molar refractivity (Wildman–Crippen MR) is 44.0 cm³/mol. The third-order valence-electron chi connectivity index (χ3n) is 1.61. The average molecular weight is 225 g/mol. The van der Waals surface area contributed by atoms with Crippen molar-refractivity contribution in [2.75, 3.05) is 13.1 Å². The fourth-order valence-corrected chi connectivity index (χ4v) is 2.15. The molecule has 0 N–H and O–H groups in total. The molecule has 1 unspecified atom stereocenters. The minimum absolute atomic E-state index is 0.931. The molecular formula is C6H12IN. The van der Waals surface area contributed by atoms with Gasteiger partial charge in [0.15, 0.2) is 0 Å². The number of hydrogen-bond acceptors (Lipinski definition) is 1. The molecule has 1 saturated heterocycles. The molecule has 48 valence electrons. The zero-order chi connectivity index (χ0) is 5.98. The van der Waals surface area contributed by atoms with Gasteiger partial charge in [-0.25, -0.2) is 3.11 Å². The van der Waals surface area contributed by atoms with Gasteiger partial charge in [0.1, 0.15) is 0 Å². The van der Waals surface area contributed by atoms with Crippen molar-refractivity contribution in [3.8, 4) is 0 Å². The fraction of sp³-hybridized carbons (Fsp3) is 1.00. The Morgan fingerprint density at radius 2 is 2.38 bits per heavy atom. The highest BCUT2D eigenvalue weighted by Crippen LogP contribution is 2.17. The Labute approximate surface area is 64.9 Å². The first kappa shape index (κ1) is 6.81. The van der Waals surface area contributed by atoms with Crippen LogP contribution in [0.2, 0.25) is 0 Å². The van der Waals surface area contributed by atoms with Gasteiger partial charge in [-0.1, -0.05) is 6.92 Å². The van der Waals surface area contributed by atoms with Crippen molar-refractivity contribution in [1.82, 2.24) is 3.11 Å². The maximum Gasteiger partial charge on any atom is 0.0201 e. The molecule has 0 aromatic carbocycles. The van der Waals surface area contributed by atoms with Crippen LogP contribution in [-0.4, -0.2) is 16.2 Å². The van der Waals surface area contributed by atoms with Crippen molar-refractivity contribution in [3.63, 3.8) is 0 Å². The molecule has 0 aromatic rings. The Morgan fingerprint density at radius 1 is 1.62 bits per heavy atom. The van der Waals surface area contributed by atoms with E-state index in [1.165, 1.54) is 25.9 Å². The molecule has 0 amide bonds. The molecule has 0 radical (unpaired) electrons. The molecule has 1 rings (SSSR count). The Balaban J connectivity index is 2.23. The molecule has 0 aromatic heterocycles. The lowest BCUT2D eigenvalue weighted by molar-refractivity contribution is 0.322. The number of piperidine rings is 1. The molecule has 1 nitrogen and oxygen atoms in total. The van der Waals surface area contributed by atoms with E-state index in [0.717, 1.165) is 5.92 Å². The molecule has 1 aliphatic heterocycles. The summed E-state index contributed by atoms with van der Waals surface area (Å²) in [6.07, 6.45) is 2.82. The van der Waals surface area contributed by atoms with Crippen molar-refractivity contribution in [3.05, 3.63) is 0 Å². The fourth-order valence-electron chi connectivity index (χ4n) is 1.13. The summed E-state index contributed by atoms with van der Waals surface area (Å²) in [5.41, 5.74) is 0. The second kappa shape index (κ2) is 3.01. The highest BCUT2D eigenvalue weighted by Gasteiger charge is 2.12. The van der Waals surface area contributed by atoms with Crippen LogP contribution in [-0.2, 0) is 0 Å². The van der Waals surface area contributed by atoms with Crippen LogP contribution in [0.5, 0.6) is 0 Å². The molecule has 1 atom stereocenters. The molecule has 1 heterocycles. The highest BCUT2D eigenvalue weighted by molar-refractivity contribution is 14.1. The lowest BCUT2D eigenvalue weighted by Crippen LogP contribution is -2.25. The molecule has 1 fully saturated rings. The van der Waals surface area contributed by atoms with E-state index in [2.05, 4.69) is 32.9 Å². The SMILES string of the molecule is CC1CCCN(I)C1. The van der Waals surface area contributed by atoms with Crippen molar-refractivity contribution in [2.45, 2.75) is 19.8 Å². The van der Waals surface area contributed by atoms with E-state index in [9.17, 15) is 0 Å². The minimum atomic E-state index is 0.931. The summed E-state index contributed by atoms with van der Waals surface area (Å²) in [7, 11) is 0. The maximum atomic E-state index is 2.41.